The molecule has 0 saturated heterocycles. The molecule has 1 aromatic rings. The number of nitrogens with zero attached hydrogens (tertiary/aromatic N) is 2. The first-order valence-electron chi connectivity index (χ1n) is 2.40. The van der Waals surface area contributed by atoms with Gasteiger partial charge in [-0.25, -0.2) is 23.5 Å². The molecule has 1 rings (SSSR count). The van der Waals surface area contributed by atoms with Crippen LogP contribution in [-0.2, 0) is 10.0 Å². The molecule has 5 nitrogen and oxygen atoms in total. The largest absolute Gasteiger partial charge is 0.273 e. The molecule has 54 valence electrons. The van der Waals surface area contributed by atoms with Gasteiger partial charge in [-0.2, -0.15) is 0 Å². The predicted octanol–water partition coefficient (Wildman–Crippen LogP) is -0.876. The number of hydrogen-bond donors (Lipinski definition) is 1. The van der Waals surface area contributed by atoms with E-state index in [0.717, 1.165) is 0 Å². The summed E-state index contributed by atoms with van der Waals surface area (Å²) in [6.07, 6.45) is 2.62. The van der Waals surface area contributed by atoms with E-state index < -0.39 is 10.0 Å². The maximum absolute atomic E-state index is 10.5. The summed E-state index contributed by atoms with van der Waals surface area (Å²) >= 11 is 0. The maximum atomic E-state index is 10.5. The molecule has 0 aromatic carbocycles. The lowest BCUT2D eigenvalue weighted by molar-refractivity contribution is 0.588. The zero-order valence-corrected chi connectivity index (χ0v) is 5.75. The number of aromatic nitrogens is 2. The highest BCUT2D eigenvalue weighted by molar-refractivity contribution is 7.89. The Hall–Kier alpha value is -1.01. The minimum absolute atomic E-state index is 0.352. The molecule has 0 spiro atoms. The Morgan fingerprint density at radius 2 is 1.80 bits per heavy atom. The normalized spacial score (nSPS) is 11.3. The van der Waals surface area contributed by atoms with Gasteiger partial charge < -0.3 is 0 Å². The van der Waals surface area contributed by atoms with E-state index in [1.54, 1.807) is 0 Å². The van der Waals surface area contributed by atoms with Crippen molar-refractivity contribution in [2.45, 2.75) is 5.16 Å². The smallest absolute Gasteiger partial charge is 0.226 e. The Labute approximate surface area is 58.0 Å². The van der Waals surface area contributed by atoms with Crippen molar-refractivity contribution in [3.63, 3.8) is 0 Å². The van der Waals surface area contributed by atoms with Gasteiger partial charge >= 0.3 is 0 Å². The molecule has 0 radical (unpaired) electrons. The van der Waals surface area contributed by atoms with Crippen LogP contribution in [0.3, 0.4) is 0 Å². The monoisotopic (exact) mass is 159 g/mol. The molecule has 0 unspecified atom stereocenters. The average Bonchev–Trinajstić information content (AvgIpc) is 1.88. The van der Waals surface area contributed by atoms with Gasteiger partial charge in [0.15, 0.2) is 0 Å². The van der Waals surface area contributed by atoms with E-state index in [4.69, 9.17) is 5.14 Å². The molecule has 0 saturated carbocycles. The summed E-state index contributed by atoms with van der Waals surface area (Å²) in [6.45, 7) is 0. The number of primary sulfonamides is 1. The Bertz CT molecular complexity index is 307. The number of sulfonamides is 1. The van der Waals surface area contributed by atoms with Gasteiger partial charge in [0.1, 0.15) is 0 Å². The van der Waals surface area contributed by atoms with Crippen LogP contribution in [-0.4, -0.2) is 18.4 Å². The van der Waals surface area contributed by atoms with Gasteiger partial charge in [0, 0.05) is 12.4 Å². The van der Waals surface area contributed by atoms with E-state index in [1.165, 1.54) is 18.5 Å². The molecule has 0 aliphatic carbocycles. The highest BCUT2D eigenvalue weighted by Crippen LogP contribution is 1.92. The quantitative estimate of drug-likeness (QED) is 0.539. The maximum Gasteiger partial charge on any atom is 0.273 e. The van der Waals surface area contributed by atoms with Crippen molar-refractivity contribution in [3.8, 4) is 0 Å². The third-order valence-electron chi connectivity index (χ3n) is 0.797. The standard InChI is InChI=1S/C4H5N3O2S/c5-10(8,9)4-6-2-1-3-7-4/h1-3H,(H2,5,8,9). The average molecular weight is 159 g/mol. The molecular weight excluding hydrogens is 154 g/mol. The third kappa shape index (κ3) is 1.49. The number of hydrogen-bond acceptors (Lipinski definition) is 4. The topological polar surface area (TPSA) is 85.9 Å². The molecule has 1 heterocycles. The van der Waals surface area contributed by atoms with Crippen molar-refractivity contribution >= 4 is 10.0 Å². The Balaban J connectivity index is 3.22. The summed E-state index contributed by atoms with van der Waals surface area (Å²) in [6, 6.07) is 1.51. The zero-order chi connectivity index (χ0) is 7.61. The Kier molecular flexibility index (Phi) is 1.64. The second kappa shape index (κ2) is 2.31. The van der Waals surface area contributed by atoms with Crippen molar-refractivity contribution in [1.82, 2.24) is 9.97 Å². The van der Waals surface area contributed by atoms with Crippen molar-refractivity contribution in [1.29, 1.82) is 0 Å². The Morgan fingerprint density at radius 1 is 1.30 bits per heavy atom. The van der Waals surface area contributed by atoms with Gasteiger partial charge in [0.05, 0.1) is 0 Å². The molecule has 0 amide bonds. The first-order chi connectivity index (χ1) is 4.61. The van der Waals surface area contributed by atoms with Crippen LogP contribution >= 0.6 is 0 Å². The molecule has 0 aliphatic heterocycles. The zero-order valence-electron chi connectivity index (χ0n) is 4.93. The second-order valence-electron chi connectivity index (χ2n) is 1.58. The molecule has 0 bridgehead atoms. The molecule has 1 aromatic heterocycles. The minimum Gasteiger partial charge on any atom is -0.226 e. The van der Waals surface area contributed by atoms with Gasteiger partial charge in [-0.05, 0) is 6.07 Å². The van der Waals surface area contributed by atoms with Gasteiger partial charge in [-0.3, -0.25) is 0 Å². The summed E-state index contributed by atoms with van der Waals surface area (Å²) in [7, 11) is -3.73. The highest BCUT2D eigenvalue weighted by Gasteiger charge is 2.08. The van der Waals surface area contributed by atoms with Gasteiger partial charge in [0.25, 0.3) is 15.2 Å². The Morgan fingerprint density at radius 3 is 2.10 bits per heavy atom. The van der Waals surface area contributed by atoms with E-state index in [9.17, 15) is 8.42 Å². The molecule has 2 N–H and O–H groups in total. The summed E-state index contributed by atoms with van der Waals surface area (Å²) in [4.78, 5) is 6.85. The fourth-order valence-electron chi connectivity index (χ4n) is 0.432. The number of nitrogens with two attached hydrogens (primary N) is 1. The molecular formula is C4H5N3O2S. The summed E-state index contributed by atoms with van der Waals surface area (Å²) in [5, 5.41) is 4.35. The summed E-state index contributed by atoms with van der Waals surface area (Å²) in [5.74, 6) is 0. The molecule has 10 heavy (non-hydrogen) atoms. The highest BCUT2D eigenvalue weighted by atomic mass is 32.2. The van der Waals surface area contributed by atoms with Crippen LogP contribution in [0.4, 0.5) is 0 Å². The van der Waals surface area contributed by atoms with Crippen molar-refractivity contribution in [3.05, 3.63) is 18.5 Å². The third-order valence-corrected chi connectivity index (χ3v) is 1.52. The lowest BCUT2D eigenvalue weighted by atomic mass is 10.7. The van der Waals surface area contributed by atoms with Crippen molar-refractivity contribution in [2.75, 3.05) is 0 Å². The van der Waals surface area contributed by atoms with Gasteiger partial charge in [0.2, 0.25) is 0 Å². The van der Waals surface area contributed by atoms with E-state index in [0.29, 0.717) is 0 Å². The van der Waals surface area contributed by atoms with Crippen LogP contribution < -0.4 is 5.14 Å². The molecule has 0 aliphatic rings. The SMILES string of the molecule is NS(=O)(=O)c1ncccn1. The first kappa shape index (κ1) is 7.10. The summed E-state index contributed by atoms with van der Waals surface area (Å²) < 4.78 is 21.0. The van der Waals surface area contributed by atoms with Crippen molar-refractivity contribution < 1.29 is 8.42 Å². The fraction of sp³-hybridized carbons (Fsp3) is 0. The minimum atomic E-state index is -3.73. The first-order valence-corrected chi connectivity index (χ1v) is 3.95. The molecule has 0 atom stereocenters. The van der Waals surface area contributed by atoms with E-state index in [1.807, 2.05) is 0 Å². The van der Waals surface area contributed by atoms with Crippen LogP contribution in [0.2, 0.25) is 0 Å². The predicted molar refractivity (Wildman–Crippen MR) is 33.4 cm³/mol. The second-order valence-corrected chi connectivity index (χ2v) is 3.03. The fourth-order valence-corrected chi connectivity index (χ4v) is 0.848. The summed E-state index contributed by atoms with van der Waals surface area (Å²) in [5.41, 5.74) is 0. The van der Waals surface area contributed by atoms with Crippen LogP contribution in [0.5, 0.6) is 0 Å². The molecule has 0 fully saturated rings. The van der Waals surface area contributed by atoms with Gasteiger partial charge in [-0.15, -0.1) is 0 Å². The van der Waals surface area contributed by atoms with E-state index >= 15 is 0 Å². The lowest BCUT2D eigenvalue weighted by Gasteiger charge is -1.91. The van der Waals surface area contributed by atoms with Crippen LogP contribution in [0.1, 0.15) is 0 Å². The lowest BCUT2D eigenvalue weighted by Crippen LogP contribution is -2.15. The number of rotatable bonds is 1. The van der Waals surface area contributed by atoms with E-state index in [2.05, 4.69) is 9.97 Å². The van der Waals surface area contributed by atoms with Gasteiger partial charge in [-0.1, -0.05) is 0 Å². The van der Waals surface area contributed by atoms with Crippen LogP contribution in [0.25, 0.3) is 0 Å². The van der Waals surface area contributed by atoms with Crippen molar-refractivity contribution in [2.24, 2.45) is 5.14 Å². The van der Waals surface area contributed by atoms with E-state index in [-0.39, 0.29) is 5.16 Å². The van der Waals surface area contributed by atoms with Crippen LogP contribution in [0, 0.1) is 0 Å². The molecule has 6 heteroatoms. The van der Waals surface area contributed by atoms with Crippen LogP contribution in [0.15, 0.2) is 23.6 Å².